The van der Waals surface area contributed by atoms with Gasteiger partial charge in [0.2, 0.25) is 5.91 Å². The smallest absolute Gasteiger partial charge is 0.241 e. The summed E-state index contributed by atoms with van der Waals surface area (Å²) in [6.07, 6.45) is 0. The first kappa shape index (κ1) is 18.1. The van der Waals surface area contributed by atoms with E-state index in [2.05, 4.69) is 5.32 Å². The maximum atomic E-state index is 12.4. The van der Waals surface area contributed by atoms with Crippen LogP contribution in [0.3, 0.4) is 0 Å². The van der Waals surface area contributed by atoms with Crippen LogP contribution in [0.25, 0.3) is 0 Å². The number of carbonyl (C=O) groups excluding carboxylic acids is 1. The molecule has 3 nitrogen and oxygen atoms in total. The highest BCUT2D eigenvalue weighted by Gasteiger charge is 2.19. The minimum atomic E-state index is -0.322. The van der Waals surface area contributed by atoms with Gasteiger partial charge in [0, 0.05) is 16.6 Å². The summed E-state index contributed by atoms with van der Waals surface area (Å²) >= 11 is 17.8. The van der Waals surface area contributed by atoms with Gasteiger partial charge in [-0.1, -0.05) is 46.9 Å². The maximum absolute atomic E-state index is 12.4. The number of hydrogen-bond acceptors (Lipinski definition) is 2. The lowest BCUT2D eigenvalue weighted by Gasteiger charge is -2.24. The first-order valence-corrected chi connectivity index (χ1v) is 8.21. The lowest BCUT2D eigenvalue weighted by molar-refractivity contribution is -0.120. The summed E-state index contributed by atoms with van der Waals surface area (Å²) in [6.45, 7) is 2.48. The van der Waals surface area contributed by atoms with E-state index in [0.29, 0.717) is 27.3 Å². The zero-order chi connectivity index (χ0) is 17.0. The Morgan fingerprint density at radius 3 is 2.30 bits per heavy atom. The third-order valence-electron chi connectivity index (χ3n) is 3.57. The van der Waals surface area contributed by atoms with Crippen molar-refractivity contribution in [1.82, 2.24) is 4.90 Å². The summed E-state index contributed by atoms with van der Waals surface area (Å²) in [5, 5.41) is 4.46. The molecule has 2 aromatic rings. The third kappa shape index (κ3) is 5.11. The highest BCUT2D eigenvalue weighted by atomic mass is 35.5. The monoisotopic (exact) mass is 370 g/mol. The molecule has 1 atom stereocenters. The number of benzene rings is 2. The molecule has 1 N–H and O–H groups in total. The lowest BCUT2D eigenvalue weighted by atomic mass is 10.2. The molecule has 0 heterocycles. The van der Waals surface area contributed by atoms with Gasteiger partial charge in [0.1, 0.15) is 0 Å². The number of halogens is 3. The van der Waals surface area contributed by atoms with Gasteiger partial charge >= 0.3 is 0 Å². The van der Waals surface area contributed by atoms with Crippen molar-refractivity contribution in [2.24, 2.45) is 0 Å². The summed E-state index contributed by atoms with van der Waals surface area (Å²) in [6, 6.07) is 12.2. The molecule has 0 fully saturated rings. The molecule has 0 bridgehead atoms. The minimum absolute atomic E-state index is 0.134. The van der Waals surface area contributed by atoms with Crippen LogP contribution >= 0.6 is 34.8 Å². The van der Waals surface area contributed by atoms with Crippen LogP contribution in [0.4, 0.5) is 5.69 Å². The molecule has 2 rings (SSSR count). The molecule has 6 heteroatoms. The second-order valence-corrected chi connectivity index (χ2v) is 6.61. The summed E-state index contributed by atoms with van der Waals surface area (Å²) in [7, 11) is 1.89. The molecule has 0 aliphatic rings. The number of nitrogens with one attached hydrogen (secondary N) is 1. The first-order chi connectivity index (χ1) is 10.9. The Labute approximate surface area is 151 Å². The predicted octanol–water partition coefficient (Wildman–Crippen LogP) is 5.11. The maximum Gasteiger partial charge on any atom is 0.241 e. The summed E-state index contributed by atoms with van der Waals surface area (Å²) in [5.41, 5.74) is 1.63. The van der Waals surface area contributed by atoms with Crippen LogP contribution in [0.1, 0.15) is 12.5 Å². The number of likely N-dealkylation sites (N-methyl/N-ethyl adjacent to an activating group) is 1. The Morgan fingerprint density at radius 1 is 1.09 bits per heavy atom. The molecule has 0 radical (unpaired) electrons. The van der Waals surface area contributed by atoms with Gasteiger partial charge in [-0.3, -0.25) is 9.69 Å². The van der Waals surface area contributed by atoms with E-state index >= 15 is 0 Å². The molecule has 2 aromatic carbocycles. The van der Waals surface area contributed by atoms with Gasteiger partial charge in [-0.2, -0.15) is 0 Å². The molecule has 0 spiro atoms. The quantitative estimate of drug-likeness (QED) is 0.792. The van der Waals surface area contributed by atoms with Crippen molar-refractivity contribution in [1.29, 1.82) is 0 Å². The Kier molecular flexibility index (Phi) is 6.31. The zero-order valence-corrected chi connectivity index (χ0v) is 15.1. The topological polar surface area (TPSA) is 32.3 Å². The number of carbonyl (C=O) groups is 1. The fourth-order valence-electron chi connectivity index (χ4n) is 2.04. The van der Waals surface area contributed by atoms with Crippen molar-refractivity contribution < 1.29 is 4.79 Å². The largest absolute Gasteiger partial charge is 0.323 e. The highest BCUT2D eigenvalue weighted by molar-refractivity contribution is 6.36. The Hall–Kier alpha value is -1.26. The van der Waals surface area contributed by atoms with E-state index in [0.717, 1.165) is 5.56 Å². The number of rotatable bonds is 5. The highest BCUT2D eigenvalue weighted by Crippen LogP contribution is 2.25. The van der Waals surface area contributed by atoms with Crippen LogP contribution in [0.5, 0.6) is 0 Å². The normalized spacial score (nSPS) is 12.3. The van der Waals surface area contributed by atoms with E-state index in [9.17, 15) is 4.79 Å². The van der Waals surface area contributed by atoms with E-state index < -0.39 is 0 Å². The van der Waals surface area contributed by atoms with Gasteiger partial charge < -0.3 is 5.32 Å². The molecule has 0 aliphatic carbocycles. The molecule has 0 unspecified atom stereocenters. The van der Waals surface area contributed by atoms with Crippen molar-refractivity contribution in [2.75, 3.05) is 12.4 Å². The van der Waals surface area contributed by atoms with E-state index in [1.165, 1.54) is 0 Å². The van der Waals surface area contributed by atoms with E-state index in [4.69, 9.17) is 34.8 Å². The van der Waals surface area contributed by atoms with Gasteiger partial charge in [-0.05, 0) is 49.9 Å². The van der Waals surface area contributed by atoms with Gasteiger partial charge in [0.15, 0.2) is 0 Å². The molecular weight excluding hydrogens is 355 g/mol. The number of anilines is 1. The molecule has 0 saturated carbocycles. The first-order valence-electron chi connectivity index (χ1n) is 7.07. The van der Waals surface area contributed by atoms with Crippen molar-refractivity contribution in [2.45, 2.75) is 19.5 Å². The van der Waals surface area contributed by atoms with Gasteiger partial charge in [0.25, 0.3) is 0 Å². The van der Waals surface area contributed by atoms with Crippen LogP contribution in [0, 0.1) is 0 Å². The van der Waals surface area contributed by atoms with Gasteiger partial charge in [-0.15, -0.1) is 0 Å². The van der Waals surface area contributed by atoms with E-state index in [1.807, 2.05) is 43.1 Å². The molecule has 0 aromatic heterocycles. The van der Waals surface area contributed by atoms with Crippen LogP contribution in [0.15, 0.2) is 42.5 Å². The number of amides is 1. The standard InChI is InChI=1S/C17H17Cl3N2O/c1-11(22(2)10-12-3-5-13(18)6-4-12)17(23)21-16-8-7-14(19)9-15(16)20/h3-9,11H,10H2,1-2H3,(H,21,23)/t11-/m0/s1. The van der Waals surface area contributed by atoms with E-state index in [-0.39, 0.29) is 11.9 Å². The van der Waals surface area contributed by atoms with Crippen LogP contribution in [-0.4, -0.2) is 23.9 Å². The molecule has 122 valence electrons. The SMILES string of the molecule is C[C@@H](C(=O)Nc1ccc(Cl)cc1Cl)N(C)Cc1ccc(Cl)cc1. The summed E-state index contributed by atoms with van der Waals surface area (Å²) in [5.74, 6) is -0.134. The minimum Gasteiger partial charge on any atom is -0.323 e. The molecule has 0 aliphatic heterocycles. The summed E-state index contributed by atoms with van der Waals surface area (Å²) < 4.78 is 0. The average molecular weight is 372 g/mol. The molecule has 23 heavy (non-hydrogen) atoms. The third-order valence-corrected chi connectivity index (χ3v) is 4.37. The Balaban J connectivity index is 1.99. The van der Waals surface area contributed by atoms with Gasteiger partial charge in [0.05, 0.1) is 16.8 Å². The fraction of sp³-hybridized carbons (Fsp3) is 0.235. The molecular formula is C17H17Cl3N2O. The number of nitrogens with zero attached hydrogens (tertiary/aromatic N) is 1. The molecule has 0 saturated heterocycles. The predicted molar refractivity (Wildman–Crippen MR) is 97.5 cm³/mol. The zero-order valence-electron chi connectivity index (χ0n) is 12.8. The Morgan fingerprint density at radius 2 is 1.70 bits per heavy atom. The van der Waals surface area contributed by atoms with Crippen LogP contribution < -0.4 is 5.32 Å². The fourth-order valence-corrected chi connectivity index (χ4v) is 2.62. The summed E-state index contributed by atoms with van der Waals surface area (Å²) in [4.78, 5) is 14.3. The number of hydrogen-bond donors (Lipinski definition) is 1. The lowest BCUT2D eigenvalue weighted by Crippen LogP contribution is -2.39. The van der Waals surface area contributed by atoms with Crippen molar-refractivity contribution in [3.63, 3.8) is 0 Å². The van der Waals surface area contributed by atoms with Crippen molar-refractivity contribution in [3.05, 3.63) is 63.1 Å². The van der Waals surface area contributed by atoms with E-state index in [1.54, 1.807) is 18.2 Å². The second kappa shape index (κ2) is 8.02. The molecule has 1 amide bonds. The van der Waals surface area contributed by atoms with Gasteiger partial charge in [-0.25, -0.2) is 0 Å². The van der Waals surface area contributed by atoms with Crippen molar-refractivity contribution >= 4 is 46.4 Å². The average Bonchev–Trinajstić information content (AvgIpc) is 2.51. The van der Waals surface area contributed by atoms with Crippen LogP contribution in [-0.2, 0) is 11.3 Å². The Bertz CT molecular complexity index is 689. The van der Waals surface area contributed by atoms with Crippen LogP contribution in [0.2, 0.25) is 15.1 Å². The van der Waals surface area contributed by atoms with Crippen molar-refractivity contribution in [3.8, 4) is 0 Å². The second-order valence-electron chi connectivity index (χ2n) is 5.33.